The standard InChI is InChI=1S/C19H24N2O4/c1-19(2,18(24)20-12-8-4-3-5-9-12)15-16(22)21-13-10-6-7-11-14(13)25-17(15)23/h6-7,10-12,15H,3-5,8-9H2,1-2H3,(H,20,24)(H,21,22). The molecule has 0 spiro atoms. The number of hydrogen-bond acceptors (Lipinski definition) is 4. The number of rotatable bonds is 3. The number of ether oxygens (including phenoxy) is 1. The molecule has 1 aliphatic carbocycles. The van der Waals surface area contributed by atoms with Gasteiger partial charge in [0.25, 0.3) is 0 Å². The third-order valence-corrected chi connectivity index (χ3v) is 5.10. The molecule has 1 saturated carbocycles. The zero-order valence-corrected chi connectivity index (χ0v) is 14.6. The van der Waals surface area contributed by atoms with E-state index in [0.717, 1.165) is 25.7 Å². The number of fused-ring (bicyclic) bond motifs is 1. The van der Waals surface area contributed by atoms with Crippen LogP contribution < -0.4 is 15.4 Å². The minimum atomic E-state index is -1.21. The third-order valence-electron chi connectivity index (χ3n) is 5.10. The lowest BCUT2D eigenvalue weighted by molar-refractivity contribution is -0.153. The van der Waals surface area contributed by atoms with Crippen molar-refractivity contribution >= 4 is 23.5 Å². The highest BCUT2D eigenvalue weighted by molar-refractivity contribution is 6.11. The SMILES string of the molecule is CC(C)(C(=O)NC1CCCCC1)C1C(=O)Nc2ccccc2OC1=O. The van der Waals surface area contributed by atoms with Crippen molar-refractivity contribution in [2.45, 2.75) is 52.0 Å². The molecule has 0 saturated heterocycles. The van der Waals surface area contributed by atoms with E-state index in [0.29, 0.717) is 11.4 Å². The Hall–Kier alpha value is -2.37. The summed E-state index contributed by atoms with van der Waals surface area (Å²) in [6, 6.07) is 6.86. The van der Waals surface area contributed by atoms with Gasteiger partial charge in [0.1, 0.15) is 5.92 Å². The van der Waals surface area contributed by atoms with E-state index in [1.165, 1.54) is 6.42 Å². The smallest absolute Gasteiger partial charge is 0.325 e. The highest BCUT2D eigenvalue weighted by Gasteiger charge is 2.49. The van der Waals surface area contributed by atoms with E-state index in [-0.39, 0.29) is 11.9 Å². The maximum atomic E-state index is 12.8. The molecule has 2 amide bonds. The van der Waals surface area contributed by atoms with E-state index in [9.17, 15) is 14.4 Å². The van der Waals surface area contributed by atoms with Gasteiger partial charge in [-0.2, -0.15) is 0 Å². The van der Waals surface area contributed by atoms with Gasteiger partial charge in [0.05, 0.1) is 11.1 Å². The average Bonchev–Trinajstić information content (AvgIpc) is 2.70. The molecule has 2 N–H and O–H groups in total. The lowest BCUT2D eigenvalue weighted by Gasteiger charge is -2.32. The molecule has 25 heavy (non-hydrogen) atoms. The van der Waals surface area contributed by atoms with Crippen LogP contribution in [-0.4, -0.2) is 23.8 Å². The summed E-state index contributed by atoms with van der Waals surface area (Å²) in [6.07, 6.45) is 5.24. The molecule has 1 aliphatic heterocycles. The van der Waals surface area contributed by atoms with Gasteiger partial charge < -0.3 is 15.4 Å². The number of amides is 2. The van der Waals surface area contributed by atoms with E-state index in [1.54, 1.807) is 38.1 Å². The van der Waals surface area contributed by atoms with E-state index >= 15 is 0 Å². The van der Waals surface area contributed by atoms with Gasteiger partial charge in [0, 0.05) is 6.04 Å². The molecule has 1 atom stereocenters. The summed E-state index contributed by atoms with van der Waals surface area (Å²) in [6.45, 7) is 3.24. The van der Waals surface area contributed by atoms with Gasteiger partial charge >= 0.3 is 5.97 Å². The molecule has 6 heteroatoms. The number of carbonyl (C=O) groups is 3. The maximum Gasteiger partial charge on any atom is 0.325 e. The molecule has 1 heterocycles. The Labute approximate surface area is 147 Å². The van der Waals surface area contributed by atoms with Gasteiger partial charge in [-0.15, -0.1) is 0 Å². The number of para-hydroxylation sites is 2. The summed E-state index contributed by atoms with van der Waals surface area (Å²) in [4.78, 5) is 38.0. The number of anilines is 1. The fraction of sp³-hybridized carbons (Fsp3) is 0.526. The van der Waals surface area contributed by atoms with Crippen molar-refractivity contribution < 1.29 is 19.1 Å². The first kappa shape index (κ1) is 17.5. The van der Waals surface area contributed by atoms with E-state index in [2.05, 4.69) is 10.6 Å². The molecular weight excluding hydrogens is 320 g/mol. The summed E-state index contributed by atoms with van der Waals surface area (Å²) >= 11 is 0. The van der Waals surface area contributed by atoms with Crippen molar-refractivity contribution in [3.63, 3.8) is 0 Å². The van der Waals surface area contributed by atoms with Crippen molar-refractivity contribution in [3.8, 4) is 5.75 Å². The molecule has 0 bridgehead atoms. The third kappa shape index (κ3) is 3.52. The molecular formula is C19H24N2O4. The van der Waals surface area contributed by atoms with Crippen LogP contribution in [0.1, 0.15) is 46.0 Å². The van der Waals surface area contributed by atoms with Gasteiger partial charge in [0.15, 0.2) is 5.75 Å². The number of carbonyl (C=O) groups excluding carboxylic acids is 3. The molecule has 134 valence electrons. The monoisotopic (exact) mass is 344 g/mol. The van der Waals surface area contributed by atoms with Crippen LogP contribution in [-0.2, 0) is 14.4 Å². The Balaban J connectivity index is 1.79. The van der Waals surface area contributed by atoms with Crippen molar-refractivity contribution in [1.29, 1.82) is 0 Å². The fourth-order valence-corrected chi connectivity index (χ4v) is 3.51. The first-order valence-corrected chi connectivity index (χ1v) is 8.82. The van der Waals surface area contributed by atoms with Crippen LogP contribution in [0.3, 0.4) is 0 Å². The van der Waals surface area contributed by atoms with Crippen molar-refractivity contribution in [3.05, 3.63) is 24.3 Å². The van der Waals surface area contributed by atoms with Gasteiger partial charge in [-0.25, -0.2) is 0 Å². The zero-order chi connectivity index (χ0) is 18.0. The topological polar surface area (TPSA) is 84.5 Å². The van der Waals surface area contributed by atoms with Crippen molar-refractivity contribution in [2.75, 3.05) is 5.32 Å². The number of hydrogen-bond donors (Lipinski definition) is 2. The largest absolute Gasteiger partial charge is 0.424 e. The fourth-order valence-electron chi connectivity index (χ4n) is 3.51. The van der Waals surface area contributed by atoms with Crippen LogP contribution in [0, 0.1) is 11.3 Å². The minimum Gasteiger partial charge on any atom is -0.424 e. The Morgan fingerprint density at radius 3 is 2.56 bits per heavy atom. The number of benzene rings is 1. The summed E-state index contributed by atoms with van der Waals surface area (Å²) < 4.78 is 5.36. The molecule has 0 aromatic heterocycles. The zero-order valence-electron chi connectivity index (χ0n) is 14.6. The molecule has 3 rings (SSSR count). The summed E-state index contributed by atoms with van der Waals surface area (Å²) in [5.41, 5.74) is -0.771. The first-order chi connectivity index (χ1) is 11.9. The molecule has 1 aromatic carbocycles. The number of nitrogens with one attached hydrogen (secondary N) is 2. The molecule has 1 fully saturated rings. The van der Waals surface area contributed by atoms with E-state index in [1.807, 2.05) is 0 Å². The lowest BCUT2D eigenvalue weighted by Crippen LogP contribution is -2.52. The highest BCUT2D eigenvalue weighted by atomic mass is 16.5. The number of esters is 1. The highest BCUT2D eigenvalue weighted by Crippen LogP contribution is 2.36. The second-order valence-electron chi connectivity index (χ2n) is 7.37. The Morgan fingerprint density at radius 2 is 1.84 bits per heavy atom. The summed E-state index contributed by atoms with van der Waals surface area (Å²) in [7, 11) is 0. The van der Waals surface area contributed by atoms with Gasteiger partial charge in [0.2, 0.25) is 11.8 Å². The van der Waals surface area contributed by atoms with Crippen LogP contribution in [0.5, 0.6) is 5.75 Å². The van der Waals surface area contributed by atoms with E-state index < -0.39 is 23.2 Å². The minimum absolute atomic E-state index is 0.114. The maximum absolute atomic E-state index is 12.8. The molecule has 1 aromatic rings. The predicted octanol–water partition coefficient (Wildman–Crippen LogP) is 2.64. The van der Waals surface area contributed by atoms with Crippen LogP contribution in [0.4, 0.5) is 5.69 Å². The summed E-state index contributed by atoms with van der Waals surface area (Å²) in [5, 5.41) is 5.72. The van der Waals surface area contributed by atoms with Crippen LogP contribution in [0.15, 0.2) is 24.3 Å². The van der Waals surface area contributed by atoms with Crippen molar-refractivity contribution in [1.82, 2.24) is 5.32 Å². The van der Waals surface area contributed by atoms with Crippen molar-refractivity contribution in [2.24, 2.45) is 11.3 Å². The molecule has 1 unspecified atom stereocenters. The van der Waals surface area contributed by atoms with Gasteiger partial charge in [-0.05, 0) is 38.8 Å². The first-order valence-electron chi connectivity index (χ1n) is 8.82. The van der Waals surface area contributed by atoms with Crippen LogP contribution in [0.25, 0.3) is 0 Å². The van der Waals surface area contributed by atoms with Crippen LogP contribution >= 0.6 is 0 Å². The predicted molar refractivity (Wildman–Crippen MR) is 93.0 cm³/mol. The molecule has 6 nitrogen and oxygen atoms in total. The molecule has 2 aliphatic rings. The Kier molecular flexibility index (Phi) is 4.79. The Morgan fingerprint density at radius 1 is 1.16 bits per heavy atom. The molecule has 0 radical (unpaired) electrons. The van der Waals surface area contributed by atoms with Gasteiger partial charge in [-0.3, -0.25) is 14.4 Å². The van der Waals surface area contributed by atoms with E-state index in [4.69, 9.17) is 4.74 Å². The normalized spacial score (nSPS) is 21.6. The second kappa shape index (κ2) is 6.86. The average molecular weight is 344 g/mol. The second-order valence-corrected chi connectivity index (χ2v) is 7.37. The lowest BCUT2D eigenvalue weighted by atomic mass is 9.76. The Bertz CT molecular complexity index is 655. The summed E-state index contributed by atoms with van der Waals surface area (Å²) in [5.74, 6) is -2.41. The quantitative estimate of drug-likeness (QED) is 0.501. The van der Waals surface area contributed by atoms with Gasteiger partial charge in [-0.1, -0.05) is 31.4 Å². The van der Waals surface area contributed by atoms with Crippen LogP contribution in [0.2, 0.25) is 0 Å².